The number of aryl methyl sites for hydroxylation is 2. The van der Waals surface area contributed by atoms with Crippen molar-refractivity contribution in [2.24, 2.45) is 5.84 Å². The molecule has 1 unspecified atom stereocenters. The zero-order chi connectivity index (χ0) is 12.5. The molecule has 94 valence electrons. The van der Waals surface area contributed by atoms with Crippen molar-refractivity contribution in [3.05, 3.63) is 57.0 Å². The fourth-order valence-electron chi connectivity index (χ4n) is 2.52. The third-order valence-corrected chi connectivity index (χ3v) is 4.70. The van der Waals surface area contributed by atoms with E-state index in [0.717, 1.165) is 12.0 Å². The number of nitrogens with one attached hydrogen (secondary N) is 1. The molecule has 1 aliphatic carbocycles. The van der Waals surface area contributed by atoms with E-state index in [0.29, 0.717) is 0 Å². The summed E-state index contributed by atoms with van der Waals surface area (Å²) in [5.41, 5.74) is 5.10. The molecule has 4 heteroatoms. The van der Waals surface area contributed by atoms with Crippen LogP contribution in [0.2, 0.25) is 0 Å². The molecule has 1 atom stereocenters. The third-order valence-electron chi connectivity index (χ3n) is 3.40. The second-order valence-corrected chi connectivity index (χ2v) is 5.77. The number of hydrazine groups is 1. The lowest BCUT2D eigenvalue weighted by atomic mass is 10.1. The van der Waals surface area contributed by atoms with E-state index in [1.54, 1.807) is 17.4 Å². The number of rotatable bonds is 3. The summed E-state index contributed by atoms with van der Waals surface area (Å²) in [7, 11) is 0. The van der Waals surface area contributed by atoms with Crippen LogP contribution in [0.25, 0.3) is 0 Å². The topological polar surface area (TPSA) is 38.0 Å². The number of hydrogen-bond acceptors (Lipinski definition) is 3. The van der Waals surface area contributed by atoms with Gasteiger partial charge >= 0.3 is 0 Å². The van der Waals surface area contributed by atoms with Crippen LogP contribution < -0.4 is 11.3 Å². The van der Waals surface area contributed by atoms with E-state index in [1.807, 2.05) is 6.07 Å². The van der Waals surface area contributed by atoms with Crippen LogP contribution in [-0.2, 0) is 12.8 Å². The van der Waals surface area contributed by atoms with Gasteiger partial charge in [-0.15, -0.1) is 11.3 Å². The molecule has 0 spiro atoms. The standard InChI is InChI=1S/C14H15FN2S/c15-11-5-1-4-10(7-11)14(17-16)13-8-9-3-2-6-12(9)18-13/h1,4-5,7-8,14,17H,2-3,6,16H2. The number of fused-ring (bicyclic) bond motifs is 1. The van der Waals surface area contributed by atoms with Crippen LogP contribution in [-0.4, -0.2) is 0 Å². The Bertz CT molecular complexity index is 543. The number of benzene rings is 1. The van der Waals surface area contributed by atoms with Crippen LogP contribution in [0.4, 0.5) is 4.39 Å². The molecule has 0 amide bonds. The van der Waals surface area contributed by atoms with Gasteiger partial charge in [-0.05, 0) is 48.6 Å². The first-order chi connectivity index (χ1) is 8.78. The van der Waals surface area contributed by atoms with Gasteiger partial charge in [-0.25, -0.2) is 9.82 Å². The highest BCUT2D eigenvalue weighted by Crippen LogP contribution is 2.35. The quantitative estimate of drug-likeness (QED) is 0.659. The molecule has 3 N–H and O–H groups in total. The van der Waals surface area contributed by atoms with E-state index in [2.05, 4.69) is 11.5 Å². The van der Waals surface area contributed by atoms with Gasteiger partial charge in [0.1, 0.15) is 5.82 Å². The number of thiophene rings is 1. The lowest BCUT2D eigenvalue weighted by Crippen LogP contribution is -2.28. The van der Waals surface area contributed by atoms with Crippen LogP contribution in [0, 0.1) is 5.82 Å². The lowest BCUT2D eigenvalue weighted by molar-refractivity contribution is 0.608. The Hall–Kier alpha value is -1.23. The summed E-state index contributed by atoms with van der Waals surface area (Å²) >= 11 is 1.79. The summed E-state index contributed by atoms with van der Waals surface area (Å²) in [5.74, 6) is 5.41. The van der Waals surface area contributed by atoms with Crippen LogP contribution in [0.15, 0.2) is 30.3 Å². The molecule has 1 aromatic carbocycles. The molecular formula is C14H15FN2S. The fraction of sp³-hybridized carbons (Fsp3) is 0.286. The minimum Gasteiger partial charge on any atom is -0.271 e. The lowest BCUT2D eigenvalue weighted by Gasteiger charge is -2.14. The monoisotopic (exact) mass is 262 g/mol. The summed E-state index contributed by atoms with van der Waals surface area (Å²) < 4.78 is 13.3. The molecule has 1 heterocycles. The van der Waals surface area contributed by atoms with Gasteiger partial charge in [-0.2, -0.15) is 0 Å². The molecule has 0 fully saturated rings. The van der Waals surface area contributed by atoms with E-state index in [-0.39, 0.29) is 11.9 Å². The van der Waals surface area contributed by atoms with Gasteiger partial charge in [0.15, 0.2) is 0 Å². The van der Waals surface area contributed by atoms with Gasteiger partial charge < -0.3 is 0 Å². The molecule has 1 aliphatic rings. The van der Waals surface area contributed by atoms with Gasteiger partial charge in [0.25, 0.3) is 0 Å². The highest BCUT2D eigenvalue weighted by molar-refractivity contribution is 7.12. The molecule has 3 rings (SSSR count). The predicted molar refractivity (Wildman–Crippen MR) is 71.9 cm³/mol. The van der Waals surface area contributed by atoms with Crippen molar-refractivity contribution >= 4 is 11.3 Å². The van der Waals surface area contributed by atoms with Gasteiger partial charge in [-0.1, -0.05) is 12.1 Å². The zero-order valence-corrected chi connectivity index (χ0v) is 10.8. The molecular weight excluding hydrogens is 247 g/mol. The third kappa shape index (κ3) is 2.07. The molecule has 0 bridgehead atoms. The van der Waals surface area contributed by atoms with Crippen molar-refractivity contribution in [3.8, 4) is 0 Å². The summed E-state index contributed by atoms with van der Waals surface area (Å²) in [6.07, 6.45) is 3.58. The molecule has 2 nitrogen and oxygen atoms in total. The highest BCUT2D eigenvalue weighted by atomic mass is 32.1. The first kappa shape index (κ1) is 11.8. The van der Waals surface area contributed by atoms with Crippen LogP contribution in [0.3, 0.4) is 0 Å². The maximum absolute atomic E-state index is 13.3. The number of hydrogen-bond donors (Lipinski definition) is 2. The smallest absolute Gasteiger partial charge is 0.123 e. The predicted octanol–water partition coefficient (Wildman–Crippen LogP) is 2.93. The number of halogens is 1. The second-order valence-electron chi connectivity index (χ2n) is 4.61. The van der Waals surface area contributed by atoms with Crippen molar-refractivity contribution in [2.45, 2.75) is 25.3 Å². The summed E-state index contributed by atoms with van der Waals surface area (Å²) in [6.45, 7) is 0. The second kappa shape index (κ2) is 4.80. The van der Waals surface area contributed by atoms with Crippen molar-refractivity contribution in [1.82, 2.24) is 5.43 Å². The normalized spacial score (nSPS) is 15.7. The molecule has 2 aromatic rings. The fourth-order valence-corrected chi connectivity index (χ4v) is 3.87. The Morgan fingerprint density at radius 3 is 2.89 bits per heavy atom. The average molecular weight is 262 g/mol. The Morgan fingerprint density at radius 1 is 1.28 bits per heavy atom. The average Bonchev–Trinajstić information content (AvgIpc) is 2.91. The Morgan fingerprint density at radius 2 is 2.17 bits per heavy atom. The van der Waals surface area contributed by atoms with Crippen molar-refractivity contribution in [3.63, 3.8) is 0 Å². The molecule has 0 aliphatic heterocycles. The van der Waals surface area contributed by atoms with E-state index in [1.165, 1.54) is 40.3 Å². The molecule has 0 saturated carbocycles. The van der Waals surface area contributed by atoms with Crippen molar-refractivity contribution in [1.29, 1.82) is 0 Å². The summed E-state index contributed by atoms with van der Waals surface area (Å²) in [5, 5.41) is 0. The van der Waals surface area contributed by atoms with Crippen LogP contribution in [0.5, 0.6) is 0 Å². The summed E-state index contributed by atoms with van der Waals surface area (Å²) in [6, 6.07) is 8.70. The summed E-state index contributed by atoms with van der Waals surface area (Å²) in [4.78, 5) is 2.63. The van der Waals surface area contributed by atoms with Crippen LogP contribution in [0.1, 0.15) is 33.3 Å². The first-order valence-electron chi connectivity index (χ1n) is 6.11. The Balaban J connectivity index is 1.96. The Labute approximate surface area is 110 Å². The SMILES string of the molecule is NNC(c1cccc(F)c1)c1cc2c(s1)CCC2. The van der Waals surface area contributed by atoms with E-state index < -0.39 is 0 Å². The maximum atomic E-state index is 13.3. The van der Waals surface area contributed by atoms with Crippen molar-refractivity contribution in [2.75, 3.05) is 0 Å². The zero-order valence-electron chi connectivity index (χ0n) is 9.95. The Kier molecular flexibility index (Phi) is 3.16. The number of nitrogens with two attached hydrogens (primary N) is 1. The molecule has 0 saturated heterocycles. The molecule has 18 heavy (non-hydrogen) atoms. The largest absolute Gasteiger partial charge is 0.271 e. The minimum atomic E-state index is -0.225. The van der Waals surface area contributed by atoms with Crippen molar-refractivity contribution < 1.29 is 4.39 Å². The van der Waals surface area contributed by atoms with E-state index >= 15 is 0 Å². The molecule has 0 radical (unpaired) electrons. The van der Waals surface area contributed by atoms with Gasteiger partial charge in [-0.3, -0.25) is 5.84 Å². The molecule has 1 aromatic heterocycles. The van der Waals surface area contributed by atoms with E-state index in [4.69, 9.17) is 5.84 Å². The van der Waals surface area contributed by atoms with Crippen LogP contribution >= 0.6 is 11.3 Å². The van der Waals surface area contributed by atoms with Gasteiger partial charge in [0, 0.05) is 9.75 Å². The minimum absolute atomic E-state index is 0.115. The highest BCUT2D eigenvalue weighted by Gasteiger charge is 2.20. The van der Waals surface area contributed by atoms with E-state index in [9.17, 15) is 4.39 Å². The van der Waals surface area contributed by atoms with Gasteiger partial charge in [0.2, 0.25) is 0 Å². The maximum Gasteiger partial charge on any atom is 0.123 e. The van der Waals surface area contributed by atoms with Gasteiger partial charge in [0.05, 0.1) is 6.04 Å². The first-order valence-corrected chi connectivity index (χ1v) is 6.92.